The Morgan fingerprint density at radius 1 is 1.10 bits per heavy atom. The van der Waals surface area contributed by atoms with Crippen molar-refractivity contribution in [2.24, 2.45) is 0 Å². The lowest BCUT2D eigenvalue weighted by atomic mass is 10.0. The maximum absolute atomic E-state index is 14.3. The molecule has 5 rings (SSSR count). The molecule has 0 saturated carbocycles. The van der Waals surface area contributed by atoms with Crippen LogP contribution >= 0.6 is 15.9 Å². The molecule has 1 aliphatic heterocycles. The highest BCUT2D eigenvalue weighted by molar-refractivity contribution is 9.10. The standard InChI is InChI=1S/C31H30BrN5O4/c1-19(33-2)29(38)35-25-18-37(30(39)21-7-6-14-34-16-21)27-9-5-4-8-26(27)36(31(25)40)17-24-23-12-11-22(32)15-20(23)10-13-28(24)41-3/h4-16,19,25,33H,17-18H2,1-3H3,(H,35,38)/t19-,25-/m0/s1. The predicted octanol–water partition coefficient (Wildman–Crippen LogP) is 4.29. The predicted molar refractivity (Wildman–Crippen MR) is 162 cm³/mol. The fraction of sp³-hybridized carbons (Fsp3) is 0.226. The third-order valence-corrected chi connectivity index (χ3v) is 7.77. The second kappa shape index (κ2) is 12.1. The van der Waals surface area contributed by atoms with E-state index >= 15 is 0 Å². The number of nitrogens with zero attached hydrogens (tertiary/aromatic N) is 3. The maximum Gasteiger partial charge on any atom is 0.259 e. The van der Waals surface area contributed by atoms with Crippen LogP contribution < -0.4 is 25.2 Å². The average molecular weight is 617 g/mol. The van der Waals surface area contributed by atoms with Gasteiger partial charge in [-0.25, -0.2) is 0 Å². The molecule has 0 unspecified atom stereocenters. The molecule has 0 spiro atoms. The molecule has 10 heteroatoms. The van der Waals surface area contributed by atoms with Crippen molar-refractivity contribution in [1.29, 1.82) is 0 Å². The number of hydrogen-bond donors (Lipinski definition) is 2. The van der Waals surface area contributed by atoms with E-state index in [0.717, 1.165) is 20.8 Å². The first-order chi connectivity index (χ1) is 19.8. The van der Waals surface area contributed by atoms with Gasteiger partial charge in [-0.15, -0.1) is 0 Å². The molecule has 3 amide bonds. The summed E-state index contributed by atoms with van der Waals surface area (Å²) in [5.41, 5.74) is 2.28. The molecule has 1 aliphatic rings. The third kappa shape index (κ3) is 5.66. The van der Waals surface area contributed by atoms with E-state index in [1.807, 2.05) is 54.6 Å². The second-order valence-corrected chi connectivity index (χ2v) is 10.7. The minimum absolute atomic E-state index is 0.0537. The number of hydrogen-bond acceptors (Lipinski definition) is 6. The smallest absolute Gasteiger partial charge is 0.259 e. The van der Waals surface area contributed by atoms with Crippen LogP contribution in [0, 0.1) is 0 Å². The zero-order valence-electron chi connectivity index (χ0n) is 22.9. The minimum Gasteiger partial charge on any atom is -0.496 e. The van der Waals surface area contributed by atoms with Crippen LogP contribution in [0.3, 0.4) is 0 Å². The Labute approximate surface area is 246 Å². The summed E-state index contributed by atoms with van der Waals surface area (Å²) in [6.45, 7) is 1.81. The Balaban J connectivity index is 1.65. The molecule has 2 atom stereocenters. The summed E-state index contributed by atoms with van der Waals surface area (Å²) in [6.07, 6.45) is 3.09. The van der Waals surface area contributed by atoms with Crippen LogP contribution in [-0.2, 0) is 16.1 Å². The van der Waals surface area contributed by atoms with Gasteiger partial charge in [0, 0.05) is 22.4 Å². The molecule has 4 aromatic rings. The lowest BCUT2D eigenvalue weighted by Crippen LogP contribution is -2.55. The van der Waals surface area contributed by atoms with Crippen LogP contribution in [0.15, 0.2) is 83.6 Å². The number of amides is 3. The van der Waals surface area contributed by atoms with Crippen molar-refractivity contribution >= 4 is 55.8 Å². The van der Waals surface area contributed by atoms with Crippen molar-refractivity contribution in [3.05, 3.63) is 94.7 Å². The maximum atomic E-state index is 14.3. The number of halogens is 1. The summed E-state index contributed by atoms with van der Waals surface area (Å²) < 4.78 is 6.67. The van der Waals surface area contributed by atoms with Crippen molar-refractivity contribution < 1.29 is 19.1 Å². The van der Waals surface area contributed by atoms with E-state index in [2.05, 4.69) is 31.5 Å². The summed E-state index contributed by atoms with van der Waals surface area (Å²) in [4.78, 5) is 48.4. The highest BCUT2D eigenvalue weighted by Gasteiger charge is 2.38. The molecule has 0 radical (unpaired) electrons. The molecular formula is C31H30BrN5O4. The number of para-hydroxylation sites is 2. The number of carbonyl (C=O) groups excluding carboxylic acids is 3. The number of methoxy groups -OCH3 is 1. The van der Waals surface area contributed by atoms with E-state index < -0.39 is 12.1 Å². The van der Waals surface area contributed by atoms with Crippen LogP contribution in [0.25, 0.3) is 10.8 Å². The summed E-state index contributed by atoms with van der Waals surface area (Å²) in [5.74, 6) is -0.388. The SMILES string of the molecule is CN[C@@H](C)C(=O)N[C@H]1CN(C(=O)c2cccnc2)c2ccccc2N(Cc2c(OC)ccc3cc(Br)ccc23)C1=O. The fourth-order valence-corrected chi connectivity index (χ4v) is 5.36. The Kier molecular flexibility index (Phi) is 8.32. The average Bonchev–Trinajstić information content (AvgIpc) is 3.11. The Morgan fingerprint density at radius 2 is 1.88 bits per heavy atom. The molecule has 0 bridgehead atoms. The summed E-state index contributed by atoms with van der Waals surface area (Å²) in [5, 5.41) is 7.69. The zero-order chi connectivity index (χ0) is 29.1. The van der Waals surface area contributed by atoms with E-state index in [1.54, 1.807) is 44.3 Å². The number of carbonyl (C=O) groups is 3. The van der Waals surface area contributed by atoms with Gasteiger partial charge in [-0.3, -0.25) is 19.4 Å². The van der Waals surface area contributed by atoms with Gasteiger partial charge in [-0.2, -0.15) is 0 Å². The Hall–Kier alpha value is -4.28. The lowest BCUT2D eigenvalue weighted by molar-refractivity contribution is -0.128. The molecule has 41 heavy (non-hydrogen) atoms. The highest BCUT2D eigenvalue weighted by Crippen LogP contribution is 2.38. The Bertz CT molecular complexity index is 1610. The van der Waals surface area contributed by atoms with Gasteiger partial charge in [0.05, 0.1) is 43.2 Å². The van der Waals surface area contributed by atoms with Crippen LogP contribution in [0.2, 0.25) is 0 Å². The number of rotatable bonds is 7. The molecule has 0 fully saturated rings. The van der Waals surface area contributed by atoms with Crippen molar-refractivity contribution in [3.63, 3.8) is 0 Å². The molecule has 0 aliphatic carbocycles. The van der Waals surface area contributed by atoms with E-state index in [0.29, 0.717) is 22.7 Å². The summed E-state index contributed by atoms with van der Waals surface area (Å²) >= 11 is 3.54. The van der Waals surface area contributed by atoms with Gasteiger partial charge in [0.1, 0.15) is 11.8 Å². The fourth-order valence-electron chi connectivity index (χ4n) is 4.98. The van der Waals surface area contributed by atoms with Gasteiger partial charge < -0.3 is 25.2 Å². The molecule has 210 valence electrons. The first-order valence-corrected chi connectivity index (χ1v) is 14.0. The Morgan fingerprint density at radius 3 is 2.59 bits per heavy atom. The van der Waals surface area contributed by atoms with Crippen LogP contribution in [0.5, 0.6) is 5.75 Å². The van der Waals surface area contributed by atoms with Gasteiger partial charge in [0.15, 0.2) is 0 Å². The van der Waals surface area contributed by atoms with Crippen molar-refractivity contribution in [2.75, 3.05) is 30.5 Å². The first-order valence-electron chi connectivity index (χ1n) is 13.2. The number of nitrogens with one attached hydrogen (secondary N) is 2. The second-order valence-electron chi connectivity index (χ2n) is 9.75. The quantitative estimate of drug-likeness (QED) is 0.321. The largest absolute Gasteiger partial charge is 0.496 e. The van der Waals surface area contributed by atoms with Crippen molar-refractivity contribution in [3.8, 4) is 5.75 Å². The molecule has 2 heterocycles. The first kappa shape index (κ1) is 28.3. The summed E-state index contributed by atoms with van der Waals surface area (Å²) in [7, 11) is 3.27. The van der Waals surface area contributed by atoms with E-state index in [4.69, 9.17) is 4.74 Å². The monoisotopic (exact) mass is 615 g/mol. The van der Waals surface area contributed by atoms with E-state index in [-0.39, 0.29) is 30.8 Å². The third-order valence-electron chi connectivity index (χ3n) is 7.28. The van der Waals surface area contributed by atoms with Gasteiger partial charge >= 0.3 is 0 Å². The van der Waals surface area contributed by atoms with Gasteiger partial charge in [-0.1, -0.05) is 40.2 Å². The van der Waals surface area contributed by atoms with Crippen LogP contribution in [-0.4, -0.2) is 55.5 Å². The van der Waals surface area contributed by atoms with Gasteiger partial charge in [-0.05, 0) is 67.2 Å². The van der Waals surface area contributed by atoms with E-state index in [9.17, 15) is 14.4 Å². The molecule has 9 nitrogen and oxygen atoms in total. The summed E-state index contributed by atoms with van der Waals surface area (Å²) in [6, 6.07) is 18.9. The minimum atomic E-state index is -1.01. The van der Waals surface area contributed by atoms with E-state index in [1.165, 1.54) is 11.1 Å². The number of anilines is 2. The van der Waals surface area contributed by atoms with Crippen LogP contribution in [0.1, 0.15) is 22.8 Å². The number of ether oxygens (including phenoxy) is 1. The number of aromatic nitrogens is 1. The zero-order valence-corrected chi connectivity index (χ0v) is 24.5. The number of likely N-dealkylation sites (N-methyl/N-ethyl adjacent to an activating group) is 1. The van der Waals surface area contributed by atoms with Crippen molar-refractivity contribution in [1.82, 2.24) is 15.6 Å². The topological polar surface area (TPSA) is 104 Å². The van der Waals surface area contributed by atoms with Crippen molar-refractivity contribution in [2.45, 2.75) is 25.6 Å². The molecule has 2 N–H and O–H groups in total. The highest BCUT2D eigenvalue weighted by atomic mass is 79.9. The van der Waals surface area contributed by atoms with Crippen LogP contribution in [0.4, 0.5) is 11.4 Å². The molecule has 1 aromatic heterocycles. The number of benzene rings is 3. The molecule has 0 saturated heterocycles. The molecular weight excluding hydrogens is 586 g/mol. The van der Waals surface area contributed by atoms with Gasteiger partial charge in [0.25, 0.3) is 11.8 Å². The van der Waals surface area contributed by atoms with Gasteiger partial charge in [0.2, 0.25) is 5.91 Å². The lowest BCUT2D eigenvalue weighted by Gasteiger charge is -2.27. The number of fused-ring (bicyclic) bond motifs is 2. The molecule has 3 aromatic carbocycles. The normalized spacial score (nSPS) is 15.7. The number of pyridine rings is 1.